The molecule has 4 nitrogen and oxygen atoms in total. The van der Waals surface area contributed by atoms with Crippen molar-refractivity contribution in [3.05, 3.63) is 39.9 Å². The summed E-state index contributed by atoms with van der Waals surface area (Å²) in [5.41, 5.74) is 5.13. The second-order valence-corrected chi connectivity index (χ2v) is 16.2. The third-order valence-corrected chi connectivity index (χ3v) is 5.96. The maximum absolute atomic E-state index is 13.1. The molecule has 0 saturated heterocycles. The predicted octanol–water partition coefficient (Wildman–Crippen LogP) is 4.55. The summed E-state index contributed by atoms with van der Waals surface area (Å²) in [5, 5.41) is 11.5. The van der Waals surface area contributed by atoms with Gasteiger partial charge in [-0.25, -0.2) is 0 Å². The number of nitro benzene ring substituents is 1. The molecule has 1 rings (SSSR count). The molecule has 1 aromatic rings. The first-order chi connectivity index (χ1) is 9.52. The first-order valence-electron chi connectivity index (χ1n) is 6.24. The van der Waals surface area contributed by atoms with Crippen LogP contribution < -0.4 is 0 Å². The first kappa shape index (κ1) is 18.0. The van der Waals surface area contributed by atoms with E-state index in [9.17, 15) is 23.3 Å². The van der Waals surface area contributed by atoms with Gasteiger partial charge >= 0.3 is 123 Å². The Bertz CT molecular complexity index is 500. The van der Waals surface area contributed by atoms with Gasteiger partial charge in [-0.05, 0) is 0 Å². The molecule has 0 aromatic heterocycles. The third kappa shape index (κ3) is 5.67. The zero-order valence-electron chi connectivity index (χ0n) is 12.1. The molecular formula is C13H18AsF3NO3+. The Morgan fingerprint density at radius 3 is 2.33 bits per heavy atom. The Balaban J connectivity index is 3.02. The van der Waals surface area contributed by atoms with E-state index < -0.39 is 42.0 Å². The average Bonchev–Trinajstić information content (AvgIpc) is 2.32. The van der Waals surface area contributed by atoms with Crippen LogP contribution in [0.5, 0.6) is 0 Å². The molecule has 0 saturated carbocycles. The number of para-hydroxylation sites is 1. The van der Waals surface area contributed by atoms with Crippen molar-refractivity contribution in [3.8, 4) is 0 Å². The summed E-state index contributed by atoms with van der Waals surface area (Å²) >= 11 is -1.87. The Kier molecular flexibility index (Phi) is 5.82. The molecule has 1 aromatic carbocycles. The molecule has 0 aliphatic rings. The van der Waals surface area contributed by atoms with Crippen molar-refractivity contribution in [1.82, 2.24) is 0 Å². The second-order valence-electron chi connectivity index (χ2n) is 5.62. The number of hydrogen-bond donors (Lipinski definition) is 0. The van der Waals surface area contributed by atoms with Gasteiger partial charge in [0.2, 0.25) is 0 Å². The Morgan fingerprint density at radius 2 is 1.86 bits per heavy atom. The Hall–Kier alpha value is -1.07. The van der Waals surface area contributed by atoms with Gasteiger partial charge in [0.05, 0.1) is 0 Å². The predicted molar refractivity (Wildman–Crippen MR) is 76.0 cm³/mol. The van der Waals surface area contributed by atoms with Gasteiger partial charge < -0.3 is 0 Å². The van der Waals surface area contributed by atoms with Crippen LogP contribution in [0.1, 0.15) is 11.7 Å². The first-order valence-corrected chi connectivity index (χ1v) is 13.2. The molecule has 0 amide bonds. The van der Waals surface area contributed by atoms with Crippen molar-refractivity contribution in [2.75, 3.05) is 6.61 Å². The summed E-state index contributed by atoms with van der Waals surface area (Å²) < 4.78 is 44.4. The van der Waals surface area contributed by atoms with E-state index in [1.165, 1.54) is 12.1 Å². The summed E-state index contributed by atoms with van der Waals surface area (Å²) in [6.07, 6.45) is -6.95. The summed E-state index contributed by atoms with van der Waals surface area (Å²) in [6, 6.07) is 4.81. The number of benzene rings is 1. The van der Waals surface area contributed by atoms with Crippen LogP contribution in [-0.2, 0) is 4.74 Å². The molecule has 0 spiro atoms. The van der Waals surface area contributed by atoms with Crippen LogP contribution in [0.2, 0.25) is 22.3 Å². The van der Waals surface area contributed by atoms with Crippen molar-refractivity contribution in [3.63, 3.8) is 0 Å². The van der Waals surface area contributed by atoms with Gasteiger partial charge in [-0.2, -0.15) is 0 Å². The van der Waals surface area contributed by atoms with Gasteiger partial charge in [0.25, 0.3) is 0 Å². The molecule has 8 heteroatoms. The van der Waals surface area contributed by atoms with Crippen molar-refractivity contribution in [1.29, 1.82) is 0 Å². The number of alkyl halides is 3. The zero-order valence-corrected chi connectivity index (χ0v) is 13.9. The van der Waals surface area contributed by atoms with Crippen LogP contribution in [0.3, 0.4) is 0 Å². The third-order valence-electron chi connectivity index (χ3n) is 2.76. The minimum atomic E-state index is -4.69. The van der Waals surface area contributed by atoms with Crippen LogP contribution in [0, 0.1) is 10.1 Å². The zero-order chi connectivity index (χ0) is 16.3. The van der Waals surface area contributed by atoms with Crippen LogP contribution in [0.25, 0.3) is 0 Å². The summed E-state index contributed by atoms with van der Waals surface area (Å²) in [6.45, 7) is -0.0489. The van der Waals surface area contributed by atoms with E-state index in [0.29, 0.717) is 5.21 Å². The molecule has 21 heavy (non-hydrogen) atoms. The van der Waals surface area contributed by atoms with Gasteiger partial charge in [-0.1, -0.05) is 0 Å². The van der Waals surface area contributed by atoms with Crippen LogP contribution in [0.15, 0.2) is 24.3 Å². The van der Waals surface area contributed by atoms with E-state index in [0.717, 1.165) is 12.1 Å². The van der Waals surface area contributed by atoms with Crippen LogP contribution in [-0.4, -0.2) is 31.3 Å². The van der Waals surface area contributed by atoms with Gasteiger partial charge in [-0.3, -0.25) is 0 Å². The molecule has 0 aliphatic heterocycles. The Morgan fingerprint density at radius 1 is 1.29 bits per heavy atom. The molecule has 1 unspecified atom stereocenters. The van der Waals surface area contributed by atoms with Gasteiger partial charge in [0.15, 0.2) is 0 Å². The van der Waals surface area contributed by atoms with Crippen molar-refractivity contribution >= 4 is 19.2 Å². The number of rotatable bonds is 6. The van der Waals surface area contributed by atoms with Gasteiger partial charge in [0.1, 0.15) is 0 Å². The Labute approximate surface area is 123 Å². The van der Waals surface area contributed by atoms with E-state index in [-0.39, 0.29) is 6.61 Å². The maximum atomic E-state index is 13.1. The molecule has 118 valence electrons. The molecule has 1 atom stereocenters. The molecule has 0 fully saturated rings. The standard InChI is InChI=1S/C13H18AsF3NO3/c1-14(2,3)8-9-21-12(13(15,16)17)10-6-4-5-7-11(10)18(19)20/h4-7,12H,8-9H2,1-3H3/q+1. The molecular weight excluding hydrogens is 350 g/mol. The van der Waals surface area contributed by atoms with Crippen molar-refractivity contribution in [2.45, 2.75) is 34.6 Å². The fourth-order valence-corrected chi connectivity index (χ4v) is 3.05. The fourth-order valence-electron chi connectivity index (χ4n) is 1.68. The molecule has 0 bridgehead atoms. The molecule has 0 radical (unpaired) electrons. The number of nitrogens with zero attached hydrogens (tertiary/aromatic N) is 1. The second kappa shape index (κ2) is 6.79. The number of hydrogen-bond acceptors (Lipinski definition) is 3. The fraction of sp³-hybridized carbons (Fsp3) is 0.538. The van der Waals surface area contributed by atoms with E-state index in [2.05, 4.69) is 17.1 Å². The summed E-state index contributed by atoms with van der Waals surface area (Å²) in [7, 11) is 0. The normalized spacial score (nSPS) is 14.0. The quantitative estimate of drug-likeness (QED) is 0.420. The molecule has 0 heterocycles. The van der Waals surface area contributed by atoms with E-state index in [1.807, 2.05) is 0 Å². The average molecular weight is 368 g/mol. The van der Waals surface area contributed by atoms with Crippen molar-refractivity contribution < 1.29 is 22.8 Å². The van der Waals surface area contributed by atoms with Gasteiger partial charge in [0, 0.05) is 0 Å². The number of halogens is 3. The SMILES string of the molecule is C[As+](C)(C)CCOC(c1ccccc1[N+](=O)[O-])C(F)(F)F. The minimum absolute atomic E-state index is 0.0489. The van der Waals surface area contributed by atoms with E-state index >= 15 is 0 Å². The van der Waals surface area contributed by atoms with E-state index in [4.69, 9.17) is 4.74 Å². The monoisotopic (exact) mass is 368 g/mol. The molecule has 0 aliphatic carbocycles. The van der Waals surface area contributed by atoms with E-state index in [1.54, 1.807) is 0 Å². The van der Waals surface area contributed by atoms with Gasteiger partial charge in [-0.15, -0.1) is 0 Å². The van der Waals surface area contributed by atoms with Crippen LogP contribution >= 0.6 is 0 Å². The van der Waals surface area contributed by atoms with Crippen molar-refractivity contribution in [2.24, 2.45) is 0 Å². The summed E-state index contributed by atoms with van der Waals surface area (Å²) in [4.78, 5) is 10.1. The molecule has 0 N–H and O–H groups in total. The summed E-state index contributed by atoms with van der Waals surface area (Å²) in [5.74, 6) is 0. The van der Waals surface area contributed by atoms with Crippen LogP contribution in [0.4, 0.5) is 18.9 Å². The number of ether oxygens (including phenoxy) is 1. The topological polar surface area (TPSA) is 52.4 Å². The number of nitro groups is 1.